The Morgan fingerprint density at radius 3 is 2.95 bits per heavy atom. The topological polar surface area (TPSA) is 49.8 Å². The first-order chi connectivity index (χ1) is 9.08. The van der Waals surface area contributed by atoms with E-state index in [0.717, 1.165) is 30.9 Å². The number of anilines is 1. The number of carboxylic acids is 1. The van der Waals surface area contributed by atoms with Crippen LogP contribution in [0, 0.1) is 6.92 Å². The summed E-state index contributed by atoms with van der Waals surface area (Å²) >= 11 is 0. The lowest BCUT2D eigenvalue weighted by atomic mass is 10.1. The third-order valence-electron chi connectivity index (χ3n) is 3.36. The fourth-order valence-electron chi connectivity index (χ4n) is 2.30. The Hall–Kier alpha value is -1.81. The predicted octanol–water partition coefficient (Wildman–Crippen LogP) is 2.32. The zero-order valence-corrected chi connectivity index (χ0v) is 11.3. The van der Waals surface area contributed by atoms with E-state index < -0.39 is 5.97 Å². The number of ether oxygens (including phenoxy) is 1. The molecular weight excluding hydrogens is 242 g/mol. The smallest absolute Gasteiger partial charge is 0.328 e. The lowest BCUT2D eigenvalue weighted by molar-refractivity contribution is -0.131. The largest absolute Gasteiger partial charge is 0.478 e. The monoisotopic (exact) mass is 261 g/mol. The van der Waals surface area contributed by atoms with Crippen LogP contribution in [0.4, 0.5) is 5.69 Å². The van der Waals surface area contributed by atoms with Crippen molar-refractivity contribution in [2.75, 3.05) is 24.7 Å². The molecule has 1 aromatic rings. The Labute approximate surface area is 113 Å². The Kier molecular flexibility index (Phi) is 4.22. The number of rotatable bonds is 3. The molecule has 4 nitrogen and oxygen atoms in total. The summed E-state index contributed by atoms with van der Waals surface area (Å²) in [6.07, 6.45) is 2.80. The highest BCUT2D eigenvalue weighted by Crippen LogP contribution is 2.23. The summed E-state index contributed by atoms with van der Waals surface area (Å²) < 4.78 is 5.43. The zero-order valence-electron chi connectivity index (χ0n) is 11.3. The second kappa shape index (κ2) is 5.89. The molecule has 1 unspecified atom stereocenters. The lowest BCUT2D eigenvalue weighted by Gasteiger charge is -2.35. The first-order valence-electron chi connectivity index (χ1n) is 6.44. The summed E-state index contributed by atoms with van der Waals surface area (Å²) in [5, 5.41) is 8.65. The van der Waals surface area contributed by atoms with Crippen LogP contribution in [0.5, 0.6) is 0 Å². The molecule has 2 rings (SSSR count). The fraction of sp³-hybridized carbons (Fsp3) is 0.400. The van der Waals surface area contributed by atoms with Gasteiger partial charge in [-0.1, -0.05) is 6.07 Å². The van der Waals surface area contributed by atoms with E-state index in [1.165, 1.54) is 11.8 Å². The predicted molar refractivity (Wildman–Crippen MR) is 75.5 cm³/mol. The van der Waals surface area contributed by atoms with E-state index >= 15 is 0 Å². The first kappa shape index (κ1) is 13.6. The van der Waals surface area contributed by atoms with E-state index in [2.05, 4.69) is 17.9 Å². The minimum Gasteiger partial charge on any atom is -0.478 e. The van der Waals surface area contributed by atoms with Gasteiger partial charge in [-0.15, -0.1) is 0 Å². The lowest BCUT2D eigenvalue weighted by Crippen LogP contribution is -2.43. The minimum atomic E-state index is -0.926. The van der Waals surface area contributed by atoms with Crippen LogP contribution < -0.4 is 4.90 Å². The molecule has 0 saturated carbocycles. The number of aryl methyl sites for hydroxylation is 1. The molecule has 0 aliphatic carbocycles. The van der Waals surface area contributed by atoms with Crippen molar-refractivity contribution < 1.29 is 14.6 Å². The van der Waals surface area contributed by atoms with Crippen LogP contribution in [-0.4, -0.2) is 36.9 Å². The SMILES string of the molecule is Cc1cc(N2CCOCC2C)ccc1C=CC(=O)O. The van der Waals surface area contributed by atoms with E-state index in [9.17, 15) is 4.79 Å². The molecule has 19 heavy (non-hydrogen) atoms. The number of hydrogen-bond acceptors (Lipinski definition) is 3. The number of hydrogen-bond donors (Lipinski definition) is 1. The van der Waals surface area contributed by atoms with E-state index in [1.54, 1.807) is 6.08 Å². The van der Waals surface area contributed by atoms with Crippen molar-refractivity contribution in [1.29, 1.82) is 0 Å². The molecule has 0 radical (unpaired) electrons. The minimum absolute atomic E-state index is 0.369. The van der Waals surface area contributed by atoms with Gasteiger partial charge in [0, 0.05) is 24.4 Å². The van der Waals surface area contributed by atoms with Crippen LogP contribution in [-0.2, 0) is 9.53 Å². The average Bonchev–Trinajstić information content (AvgIpc) is 2.37. The van der Waals surface area contributed by atoms with Gasteiger partial charge in [0.1, 0.15) is 0 Å². The third-order valence-corrected chi connectivity index (χ3v) is 3.36. The number of nitrogens with zero attached hydrogens (tertiary/aromatic N) is 1. The van der Waals surface area contributed by atoms with Crippen LogP contribution in [0.2, 0.25) is 0 Å². The summed E-state index contributed by atoms with van der Waals surface area (Å²) in [6.45, 7) is 6.54. The van der Waals surface area contributed by atoms with E-state index in [0.29, 0.717) is 6.04 Å². The highest BCUT2D eigenvalue weighted by Gasteiger charge is 2.19. The second-order valence-electron chi connectivity index (χ2n) is 4.83. The van der Waals surface area contributed by atoms with Gasteiger partial charge in [-0.2, -0.15) is 0 Å². The molecule has 0 bridgehead atoms. The Morgan fingerprint density at radius 1 is 1.53 bits per heavy atom. The molecular formula is C15H19NO3. The average molecular weight is 261 g/mol. The van der Waals surface area contributed by atoms with Gasteiger partial charge in [0.05, 0.1) is 13.2 Å². The summed E-state index contributed by atoms with van der Waals surface area (Å²) in [4.78, 5) is 12.9. The Bertz CT molecular complexity index is 496. The summed E-state index contributed by atoms with van der Waals surface area (Å²) in [5.74, 6) is -0.926. The standard InChI is InChI=1S/C15H19NO3/c1-11-9-14(16-7-8-19-10-12(16)2)5-3-13(11)4-6-15(17)18/h3-6,9,12H,7-8,10H2,1-2H3,(H,17,18). The molecule has 1 aliphatic heterocycles. The fourth-order valence-corrected chi connectivity index (χ4v) is 2.30. The molecule has 1 N–H and O–H groups in total. The van der Waals surface area contributed by atoms with Crippen molar-refractivity contribution in [3.8, 4) is 0 Å². The van der Waals surface area contributed by atoms with Gasteiger partial charge in [0.15, 0.2) is 0 Å². The summed E-state index contributed by atoms with van der Waals surface area (Å²) in [7, 11) is 0. The van der Waals surface area contributed by atoms with Crippen LogP contribution in [0.1, 0.15) is 18.1 Å². The number of carbonyl (C=O) groups is 1. The van der Waals surface area contributed by atoms with Crippen molar-refractivity contribution in [3.05, 3.63) is 35.4 Å². The van der Waals surface area contributed by atoms with Crippen molar-refractivity contribution in [1.82, 2.24) is 0 Å². The highest BCUT2D eigenvalue weighted by molar-refractivity contribution is 5.85. The molecule has 0 aromatic heterocycles. The van der Waals surface area contributed by atoms with Gasteiger partial charge in [0.25, 0.3) is 0 Å². The Morgan fingerprint density at radius 2 is 2.32 bits per heavy atom. The molecule has 1 fully saturated rings. The van der Waals surface area contributed by atoms with Gasteiger partial charge in [-0.25, -0.2) is 4.79 Å². The Balaban J connectivity index is 2.20. The zero-order chi connectivity index (χ0) is 13.8. The number of aliphatic carboxylic acids is 1. The van der Waals surface area contributed by atoms with Crippen LogP contribution >= 0.6 is 0 Å². The number of morpholine rings is 1. The van der Waals surface area contributed by atoms with E-state index in [4.69, 9.17) is 9.84 Å². The normalized spacial score (nSPS) is 19.9. The maximum atomic E-state index is 10.5. The van der Waals surface area contributed by atoms with Crippen LogP contribution in [0.3, 0.4) is 0 Å². The second-order valence-corrected chi connectivity index (χ2v) is 4.83. The highest BCUT2D eigenvalue weighted by atomic mass is 16.5. The van der Waals surface area contributed by atoms with E-state index in [1.807, 2.05) is 19.1 Å². The molecule has 102 valence electrons. The first-order valence-corrected chi connectivity index (χ1v) is 6.44. The molecule has 4 heteroatoms. The molecule has 1 heterocycles. The van der Waals surface area contributed by atoms with Gasteiger partial charge < -0.3 is 14.7 Å². The molecule has 1 saturated heterocycles. The molecule has 1 aliphatic rings. The van der Waals surface area contributed by atoms with Crippen molar-refractivity contribution in [3.63, 3.8) is 0 Å². The van der Waals surface area contributed by atoms with Gasteiger partial charge in [-0.3, -0.25) is 0 Å². The molecule has 1 atom stereocenters. The summed E-state index contributed by atoms with van der Waals surface area (Å²) in [5.41, 5.74) is 3.18. The van der Waals surface area contributed by atoms with Crippen molar-refractivity contribution in [2.24, 2.45) is 0 Å². The van der Waals surface area contributed by atoms with Gasteiger partial charge in [-0.05, 0) is 43.2 Å². The van der Waals surface area contributed by atoms with Crippen LogP contribution in [0.15, 0.2) is 24.3 Å². The number of carboxylic acid groups (broad SMARTS) is 1. The maximum absolute atomic E-state index is 10.5. The molecule has 0 spiro atoms. The summed E-state index contributed by atoms with van der Waals surface area (Å²) in [6, 6.07) is 6.47. The van der Waals surface area contributed by atoms with Crippen molar-refractivity contribution in [2.45, 2.75) is 19.9 Å². The van der Waals surface area contributed by atoms with Gasteiger partial charge >= 0.3 is 5.97 Å². The quantitative estimate of drug-likeness (QED) is 0.848. The van der Waals surface area contributed by atoms with E-state index in [-0.39, 0.29) is 0 Å². The van der Waals surface area contributed by atoms with Crippen LogP contribution in [0.25, 0.3) is 6.08 Å². The molecule has 1 aromatic carbocycles. The third kappa shape index (κ3) is 3.35. The maximum Gasteiger partial charge on any atom is 0.328 e. The molecule has 0 amide bonds. The number of benzene rings is 1. The van der Waals surface area contributed by atoms with Gasteiger partial charge in [0.2, 0.25) is 0 Å². The van der Waals surface area contributed by atoms with Crippen molar-refractivity contribution >= 4 is 17.7 Å².